The van der Waals surface area contributed by atoms with E-state index < -0.39 is 0 Å². The minimum absolute atomic E-state index is 0.0122. The van der Waals surface area contributed by atoms with Crippen LogP contribution in [0.25, 0.3) is 22.2 Å². The molecule has 7 rings (SSSR count). The largest absolute Gasteiger partial charge is 0.497 e. The zero-order valence-corrected chi connectivity index (χ0v) is 23.1. The molecule has 6 aromatic rings. The molecule has 1 aliphatic heterocycles. The van der Waals surface area contributed by atoms with E-state index in [2.05, 4.69) is 28.8 Å². The molecule has 3 aromatic heterocycles. The molecule has 9 nitrogen and oxygen atoms in total. The van der Waals surface area contributed by atoms with E-state index in [4.69, 9.17) is 14.9 Å². The van der Waals surface area contributed by atoms with Gasteiger partial charge in [0.15, 0.2) is 5.82 Å². The number of hydrogen-bond acceptors (Lipinski definition) is 6. The summed E-state index contributed by atoms with van der Waals surface area (Å²) < 4.78 is 11.1. The van der Waals surface area contributed by atoms with Crippen molar-refractivity contribution in [2.24, 2.45) is 0 Å². The van der Waals surface area contributed by atoms with Crippen molar-refractivity contribution in [2.45, 2.75) is 25.9 Å². The molecule has 0 atom stereocenters. The molecule has 4 heterocycles. The Morgan fingerprint density at radius 3 is 2.63 bits per heavy atom. The highest BCUT2D eigenvalue weighted by atomic mass is 16.5. The zero-order valence-electron chi connectivity index (χ0n) is 23.1. The predicted molar refractivity (Wildman–Crippen MR) is 160 cm³/mol. The number of methoxy groups -OCH3 is 1. The quantitative estimate of drug-likeness (QED) is 0.313. The van der Waals surface area contributed by atoms with Gasteiger partial charge < -0.3 is 15.4 Å². The van der Waals surface area contributed by atoms with Crippen molar-refractivity contribution in [1.82, 2.24) is 29.3 Å². The van der Waals surface area contributed by atoms with Gasteiger partial charge in [0.05, 0.1) is 36.7 Å². The molecule has 0 aliphatic carbocycles. The van der Waals surface area contributed by atoms with E-state index in [1.165, 1.54) is 5.56 Å². The van der Waals surface area contributed by atoms with Gasteiger partial charge in [0.1, 0.15) is 11.4 Å². The van der Waals surface area contributed by atoms with Gasteiger partial charge in [-0.05, 0) is 54.4 Å². The number of aromatic nitrogens is 5. The van der Waals surface area contributed by atoms with E-state index in [-0.39, 0.29) is 5.56 Å². The predicted octanol–water partition coefficient (Wildman–Crippen LogP) is 4.17. The fraction of sp³-hybridized carbons (Fsp3) is 0.219. The summed E-state index contributed by atoms with van der Waals surface area (Å²) >= 11 is 0. The molecule has 0 unspecified atom stereocenters. The lowest BCUT2D eigenvalue weighted by Crippen LogP contribution is -2.35. The first-order chi connectivity index (χ1) is 20.1. The van der Waals surface area contributed by atoms with E-state index in [1.807, 2.05) is 81.6 Å². The molecule has 41 heavy (non-hydrogen) atoms. The molecule has 206 valence electrons. The van der Waals surface area contributed by atoms with Gasteiger partial charge >= 0.3 is 0 Å². The van der Waals surface area contributed by atoms with E-state index in [9.17, 15) is 4.79 Å². The lowest BCUT2D eigenvalue weighted by atomic mass is 10.1. The highest BCUT2D eigenvalue weighted by Gasteiger charge is 2.24. The summed E-state index contributed by atoms with van der Waals surface area (Å²) in [7, 11) is 3.54. The average molecular weight is 546 g/mol. The zero-order chi connectivity index (χ0) is 27.9. The maximum atomic E-state index is 14.2. The van der Waals surface area contributed by atoms with E-state index >= 15 is 0 Å². The smallest absolute Gasteiger partial charge is 0.261 e. The second kappa shape index (κ2) is 10.3. The number of ether oxygens (including phenoxy) is 1. The number of anilines is 1. The molecule has 2 N–H and O–H groups in total. The summed E-state index contributed by atoms with van der Waals surface area (Å²) in [4.78, 5) is 14.2. The summed E-state index contributed by atoms with van der Waals surface area (Å²) in [6, 6.07) is 24.4. The van der Waals surface area contributed by atoms with Gasteiger partial charge in [0.2, 0.25) is 0 Å². The molecule has 0 fully saturated rings. The molecule has 9 heteroatoms. The average Bonchev–Trinajstić information content (AvgIpc) is 3.59. The van der Waals surface area contributed by atoms with Gasteiger partial charge in [-0.15, -0.1) is 0 Å². The van der Waals surface area contributed by atoms with Crippen LogP contribution in [-0.4, -0.2) is 44.7 Å². The number of nitrogens with zero attached hydrogens (tertiary/aromatic N) is 5. The topological polar surface area (TPSA) is 90.4 Å². The van der Waals surface area contributed by atoms with Gasteiger partial charge in [-0.25, -0.2) is 4.52 Å². The van der Waals surface area contributed by atoms with Crippen LogP contribution in [0.4, 0.5) is 5.82 Å². The SMILES string of the molecule is CNc1nn(Cc2ccc(OC)cc2)c2cc(-n3c(=O)c4c(n5ncc(Cc6ccccc6)c35)CNCC4)ccc12. The lowest BCUT2D eigenvalue weighted by Gasteiger charge is -2.21. The maximum absolute atomic E-state index is 14.2. The van der Waals surface area contributed by atoms with Crippen LogP contribution in [0.1, 0.15) is 27.9 Å². The van der Waals surface area contributed by atoms with E-state index in [1.54, 1.807) is 7.11 Å². The van der Waals surface area contributed by atoms with Gasteiger partial charge in [0.25, 0.3) is 5.56 Å². The fourth-order valence-electron chi connectivity index (χ4n) is 5.84. The molecule has 0 bridgehead atoms. The van der Waals surface area contributed by atoms with Crippen LogP contribution in [0, 0.1) is 0 Å². The third-order valence-electron chi connectivity index (χ3n) is 7.90. The molecule has 0 amide bonds. The third-order valence-corrected chi connectivity index (χ3v) is 7.90. The van der Waals surface area contributed by atoms with Crippen molar-refractivity contribution in [3.63, 3.8) is 0 Å². The Morgan fingerprint density at radius 1 is 1.02 bits per heavy atom. The number of benzene rings is 3. The Labute approximate surface area is 237 Å². The standard InChI is InChI=1S/C32H31N7O2/c1-33-30-26-13-10-24(17-28(26)37(36-30)20-22-8-11-25(41-2)12-9-22)38-31-23(16-21-6-4-3-5-7-21)18-35-39(31)29-19-34-15-14-27(29)32(38)40/h3-13,17-18,34H,14-16,19-20H2,1-2H3,(H,33,36). The Hall–Kier alpha value is -4.89. The van der Waals surface area contributed by atoms with Crippen molar-refractivity contribution in [1.29, 1.82) is 0 Å². The van der Waals surface area contributed by atoms with Crippen LogP contribution >= 0.6 is 0 Å². The molecule has 3 aromatic carbocycles. The van der Waals surface area contributed by atoms with Crippen LogP contribution in [0.3, 0.4) is 0 Å². The molecule has 1 aliphatic rings. The molecule has 0 radical (unpaired) electrons. The van der Waals surface area contributed by atoms with Crippen LogP contribution in [0.2, 0.25) is 0 Å². The van der Waals surface area contributed by atoms with Crippen LogP contribution in [0.5, 0.6) is 5.75 Å². The van der Waals surface area contributed by atoms with Crippen molar-refractivity contribution >= 4 is 22.4 Å². The summed E-state index contributed by atoms with van der Waals surface area (Å²) in [5.74, 6) is 1.61. The van der Waals surface area contributed by atoms with Gasteiger partial charge in [-0.1, -0.05) is 42.5 Å². The second-order valence-electron chi connectivity index (χ2n) is 10.4. The van der Waals surface area contributed by atoms with E-state index in [0.717, 1.165) is 62.7 Å². The number of rotatable bonds is 7. The van der Waals surface area contributed by atoms with Crippen molar-refractivity contribution in [3.8, 4) is 11.4 Å². The Morgan fingerprint density at radius 2 is 1.85 bits per heavy atom. The fourth-order valence-corrected chi connectivity index (χ4v) is 5.84. The summed E-state index contributed by atoms with van der Waals surface area (Å²) in [5, 5.41) is 17.3. The minimum Gasteiger partial charge on any atom is -0.497 e. The molecule has 0 spiro atoms. The summed E-state index contributed by atoms with van der Waals surface area (Å²) in [6.45, 7) is 1.97. The minimum atomic E-state index is 0.0122. The van der Waals surface area contributed by atoms with Crippen LogP contribution in [-0.2, 0) is 25.9 Å². The second-order valence-corrected chi connectivity index (χ2v) is 10.4. The first-order valence-electron chi connectivity index (χ1n) is 13.8. The van der Waals surface area contributed by atoms with Gasteiger partial charge in [0, 0.05) is 36.5 Å². The van der Waals surface area contributed by atoms with Crippen molar-refractivity contribution in [2.75, 3.05) is 26.0 Å². The number of fused-ring (bicyclic) bond motifs is 4. The number of nitrogens with one attached hydrogen (secondary N) is 2. The summed E-state index contributed by atoms with van der Waals surface area (Å²) in [5.41, 5.74) is 7.58. The number of hydrogen-bond donors (Lipinski definition) is 2. The first-order valence-corrected chi connectivity index (χ1v) is 13.8. The first kappa shape index (κ1) is 25.1. The van der Waals surface area contributed by atoms with Crippen LogP contribution in [0.15, 0.2) is 83.8 Å². The third kappa shape index (κ3) is 4.35. The van der Waals surface area contributed by atoms with Crippen LogP contribution < -0.4 is 20.9 Å². The molecular formula is C32H31N7O2. The van der Waals surface area contributed by atoms with Crippen molar-refractivity contribution < 1.29 is 4.74 Å². The molecule has 0 saturated heterocycles. The maximum Gasteiger partial charge on any atom is 0.261 e. The highest BCUT2D eigenvalue weighted by Crippen LogP contribution is 2.28. The molecule has 0 saturated carbocycles. The Bertz CT molecular complexity index is 1940. The van der Waals surface area contributed by atoms with Gasteiger partial charge in [-0.3, -0.25) is 14.0 Å². The Balaban J connectivity index is 1.42. The highest BCUT2D eigenvalue weighted by molar-refractivity contribution is 5.91. The normalized spacial score (nSPS) is 13.0. The summed E-state index contributed by atoms with van der Waals surface area (Å²) in [6.07, 6.45) is 3.25. The van der Waals surface area contributed by atoms with Crippen molar-refractivity contribution in [3.05, 3.63) is 117 Å². The molecular weight excluding hydrogens is 514 g/mol. The lowest BCUT2D eigenvalue weighted by molar-refractivity contribution is 0.414. The van der Waals surface area contributed by atoms with Gasteiger partial charge in [-0.2, -0.15) is 10.2 Å². The Kier molecular flexibility index (Phi) is 6.28. The van der Waals surface area contributed by atoms with E-state index in [0.29, 0.717) is 25.9 Å². The monoisotopic (exact) mass is 545 g/mol.